The summed E-state index contributed by atoms with van der Waals surface area (Å²) in [6, 6.07) is 9.37. The van der Waals surface area contributed by atoms with Crippen molar-refractivity contribution in [3.05, 3.63) is 52.3 Å². The number of nitro groups is 1. The molecule has 9 heteroatoms. The summed E-state index contributed by atoms with van der Waals surface area (Å²) in [6.07, 6.45) is 6.68. The maximum atomic E-state index is 12.1. The third-order valence-corrected chi connectivity index (χ3v) is 4.48. The Morgan fingerprint density at radius 2 is 1.81 bits per heavy atom. The average molecular weight is 370 g/mol. The normalized spacial score (nSPS) is 14.4. The van der Waals surface area contributed by atoms with E-state index in [0.29, 0.717) is 0 Å². The van der Waals surface area contributed by atoms with E-state index in [2.05, 4.69) is 26.1 Å². The fourth-order valence-corrected chi connectivity index (χ4v) is 3.14. The van der Waals surface area contributed by atoms with Gasteiger partial charge in [-0.25, -0.2) is 9.97 Å². The molecule has 3 N–H and O–H groups in total. The van der Waals surface area contributed by atoms with Gasteiger partial charge in [-0.15, -0.1) is 0 Å². The van der Waals surface area contributed by atoms with Crippen LogP contribution in [0.2, 0.25) is 0 Å². The number of nitrogens with one attached hydrogen (secondary N) is 3. The van der Waals surface area contributed by atoms with Gasteiger partial charge < -0.3 is 5.32 Å². The second-order valence-corrected chi connectivity index (χ2v) is 6.49. The molecule has 0 aliphatic heterocycles. The first kappa shape index (κ1) is 18.6. The third-order valence-electron chi connectivity index (χ3n) is 4.48. The number of rotatable bonds is 7. The highest BCUT2D eigenvalue weighted by Gasteiger charge is 2.25. The van der Waals surface area contributed by atoms with Crippen LogP contribution in [0.25, 0.3) is 0 Å². The highest BCUT2D eigenvalue weighted by molar-refractivity contribution is 5.81. The van der Waals surface area contributed by atoms with Gasteiger partial charge in [0.25, 0.3) is 0 Å². The van der Waals surface area contributed by atoms with Crippen LogP contribution in [0.3, 0.4) is 0 Å². The second-order valence-electron chi connectivity index (χ2n) is 6.49. The van der Waals surface area contributed by atoms with E-state index in [4.69, 9.17) is 0 Å². The fraction of sp³-hybridized carbons (Fsp3) is 0.389. The summed E-state index contributed by atoms with van der Waals surface area (Å²) < 4.78 is 0. The molecule has 1 aromatic carbocycles. The molecule has 1 aliphatic rings. The number of nitrogens with zero attached hydrogens (tertiary/aromatic N) is 3. The Hall–Kier alpha value is -3.23. The minimum Gasteiger partial charge on any atom is -0.361 e. The number of carbonyl (C=O) groups excluding carboxylic acids is 1. The van der Waals surface area contributed by atoms with Crippen LogP contribution >= 0.6 is 0 Å². The van der Waals surface area contributed by atoms with Crippen LogP contribution in [0, 0.1) is 10.1 Å². The largest absolute Gasteiger partial charge is 0.361 e. The molecule has 1 saturated carbocycles. The van der Waals surface area contributed by atoms with E-state index in [1.807, 2.05) is 30.3 Å². The van der Waals surface area contributed by atoms with Crippen molar-refractivity contribution in [2.45, 2.75) is 44.6 Å². The lowest BCUT2D eigenvalue weighted by Gasteiger charge is -2.23. The Morgan fingerprint density at radius 1 is 1.11 bits per heavy atom. The Balaban J connectivity index is 1.68. The molecule has 0 radical (unpaired) electrons. The number of aromatic nitrogens is 2. The first-order valence-corrected chi connectivity index (χ1v) is 8.98. The van der Waals surface area contributed by atoms with Crippen molar-refractivity contribution < 1.29 is 9.72 Å². The highest BCUT2D eigenvalue weighted by Crippen LogP contribution is 2.30. The third kappa shape index (κ3) is 5.13. The smallest absolute Gasteiger partial charge is 0.354 e. The van der Waals surface area contributed by atoms with Gasteiger partial charge in [-0.2, -0.15) is 0 Å². The highest BCUT2D eigenvalue weighted by atomic mass is 16.6. The SMILES string of the molecule is O=C(Cc1ccccc1)NNc1ncnc(NC2CCCCC2)c1[N+](=O)[O-]. The molecule has 1 aromatic heterocycles. The maximum absolute atomic E-state index is 12.1. The first-order chi connectivity index (χ1) is 13.1. The molecule has 0 spiro atoms. The molecule has 27 heavy (non-hydrogen) atoms. The summed E-state index contributed by atoms with van der Waals surface area (Å²) in [5.41, 5.74) is 5.59. The van der Waals surface area contributed by atoms with Crippen LogP contribution in [-0.4, -0.2) is 26.8 Å². The van der Waals surface area contributed by atoms with Crippen LogP contribution in [0.4, 0.5) is 17.3 Å². The molecule has 3 rings (SSSR count). The summed E-state index contributed by atoms with van der Waals surface area (Å²) in [5.74, 6) is -0.202. The van der Waals surface area contributed by atoms with Gasteiger partial charge in [0.2, 0.25) is 17.5 Å². The van der Waals surface area contributed by atoms with E-state index < -0.39 is 4.92 Å². The van der Waals surface area contributed by atoms with Gasteiger partial charge in [0, 0.05) is 6.04 Å². The van der Waals surface area contributed by atoms with Crippen LogP contribution in [0.5, 0.6) is 0 Å². The van der Waals surface area contributed by atoms with Crippen molar-refractivity contribution in [1.29, 1.82) is 0 Å². The van der Waals surface area contributed by atoms with Crippen molar-refractivity contribution in [2.75, 3.05) is 10.7 Å². The van der Waals surface area contributed by atoms with E-state index in [1.165, 1.54) is 12.7 Å². The molecular weight excluding hydrogens is 348 g/mol. The topological polar surface area (TPSA) is 122 Å². The molecule has 0 atom stereocenters. The molecule has 2 aromatic rings. The maximum Gasteiger partial charge on any atom is 0.354 e. The van der Waals surface area contributed by atoms with Gasteiger partial charge >= 0.3 is 5.69 Å². The zero-order chi connectivity index (χ0) is 19.1. The van der Waals surface area contributed by atoms with Crippen LogP contribution in [-0.2, 0) is 11.2 Å². The Labute approximate surface area is 156 Å². The molecular formula is C18H22N6O3. The summed E-state index contributed by atoms with van der Waals surface area (Å²) in [7, 11) is 0. The lowest BCUT2D eigenvalue weighted by atomic mass is 9.95. The Bertz CT molecular complexity index is 793. The van der Waals surface area contributed by atoms with E-state index >= 15 is 0 Å². The summed E-state index contributed by atoms with van der Waals surface area (Å²) >= 11 is 0. The number of hydrogen-bond donors (Lipinski definition) is 3. The average Bonchev–Trinajstić information content (AvgIpc) is 2.68. The lowest BCUT2D eigenvalue weighted by molar-refractivity contribution is -0.383. The second kappa shape index (κ2) is 8.93. The number of benzene rings is 1. The predicted octanol–water partition coefficient (Wildman–Crippen LogP) is 2.82. The van der Waals surface area contributed by atoms with Crippen LogP contribution in [0.15, 0.2) is 36.7 Å². The molecule has 0 bridgehead atoms. The quantitative estimate of drug-likeness (QED) is 0.506. The van der Waals surface area contributed by atoms with Crippen molar-refractivity contribution in [3.63, 3.8) is 0 Å². The van der Waals surface area contributed by atoms with Crippen LogP contribution in [0.1, 0.15) is 37.7 Å². The van der Waals surface area contributed by atoms with E-state index in [-0.39, 0.29) is 35.7 Å². The van der Waals surface area contributed by atoms with Crippen LogP contribution < -0.4 is 16.2 Å². The van der Waals surface area contributed by atoms with Crippen molar-refractivity contribution >= 4 is 23.2 Å². The summed E-state index contributed by atoms with van der Waals surface area (Å²) in [5, 5.41) is 14.7. The number of amides is 1. The molecule has 9 nitrogen and oxygen atoms in total. The molecule has 142 valence electrons. The fourth-order valence-electron chi connectivity index (χ4n) is 3.14. The molecule has 1 fully saturated rings. The zero-order valence-electron chi connectivity index (χ0n) is 14.9. The Morgan fingerprint density at radius 3 is 2.52 bits per heavy atom. The molecule has 1 amide bonds. The summed E-state index contributed by atoms with van der Waals surface area (Å²) in [4.78, 5) is 31.0. The van der Waals surface area contributed by atoms with E-state index in [9.17, 15) is 14.9 Å². The number of carbonyl (C=O) groups is 1. The van der Waals surface area contributed by atoms with Gasteiger partial charge in [-0.3, -0.25) is 25.8 Å². The molecule has 0 saturated heterocycles. The van der Waals surface area contributed by atoms with Gasteiger partial charge in [0.1, 0.15) is 6.33 Å². The number of anilines is 2. The first-order valence-electron chi connectivity index (χ1n) is 8.98. The van der Waals surface area contributed by atoms with Crippen molar-refractivity contribution in [3.8, 4) is 0 Å². The van der Waals surface area contributed by atoms with E-state index in [0.717, 1.165) is 31.2 Å². The van der Waals surface area contributed by atoms with Gasteiger partial charge in [-0.05, 0) is 18.4 Å². The molecule has 0 unspecified atom stereocenters. The molecule has 1 heterocycles. The van der Waals surface area contributed by atoms with Gasteiger partial charge in [0.05, 0.1) is 11.3 Å². The lowest BCUT2D eigenvalue weighted by Crippen LogP contribution is -2.32. The van der Waals surface area contributed by atoms with Gasteiger partial charge in [-0.1, -0.05) is 49.6 Å². The van der Waals surface area contributed by atoms with Gasteiger partial charge in [0.15, 0.2) is 0 Å². The standard InChI is InChI=1S/C18H22N6O3/c25-15(11-13-7-3-1-4-8-13)22-23-18-16(24(26)27)17(19-12-20-18)21-14-9-5-2-6-10-14/h1,3-4,7-8,12,14H,2,5-6,9-11H2,(H,22,25)(H2,19,20,21,23). The van der Waals surface area contributed by atoms with Crippen molar-refractivity contribution in [2.24, 2.45) is 0 Å². The zero-order valence-corrected chi connectivity index (χ0v) is 14.9. The Kier molecular flexibility index (Phi) is 6.14. The number of hydrazine groups is 1. The number of hydrogen-bond acceptors (Lipinski definition) is 7. The minimum atomic E-state index is -0.545. The summed E-state index contributed by atoms with van der Waals surface area (Å²) in [6.45, 7) is 0. The monoisotopic (exact) mass is 370 g/mol. The minimum absolute atomic E-state index is 0.0466. The van der Waals surface area contributed by atoms with Crippen molar-refractivity contribution in [1.82, 2.24) is 15.4 Å². The molecule has 1 aliphatic carbocycles. The predicted molar refractivity (Wildman–Crippen MR) is 101 cm³/mol. The van der Waals surface area contributed by atoms with E-state index in [1.54, 1.807) is 0 Å².